The van der Waals surface area contributed by atoms with Crippen LogP contribution in [0.25, 0.3) is 10.9 Å². The van der Waals surface area contributed by atoms with E-state index in [0.717, 1.165) is 16.5 Å². The predicted octanol–water partition coefficient (Wildman–Crippen LogP) is 5.59. The van der Waals surface area contributed by atoms with Gasteiger partial charge in [0.15, 0.2) is 17.6 Å². The van der Waals surface area contributed by atoms with E-state index in [1.54, 1.807) is 51.9 Å². The smallest absolute Gasteiger partial charge is 0.332 e. The second-order valence-electron chi connectivity index (χ2n) is 10.7. The third-order valence-electron chi connectivity index (χ3n) is 7.75. The van der Waals surface area contributed by atoms with Crippen molar-refractivity contribution in [1.82, 2.24) is 14.0 Å². The highest BCUT2D eigenvalue weighted by Crippen LogP contribution is 2.31. The van der Waals surface area contributed by atoms with Crippen molar-refractivity contribution < 1.29 is 27.8 Å². The summed E-state index contributed by atoms with van der Waals surface area (Å²) in [6.45, 7) is -1.06. The van der Waals surface area contributed by atoms with Gasteiger partial charge in [-0.2, -0.15) is 0 Å². The van der Waals surface area contributed by atoms with Crippen LogP contribution in [0.5, 0.6) is 17.2 Å². The van der Waals surface area contributed by atoms with E-state index in [9.17, 15) is 23.2 Å². The van der Waals surface area contributed by atoms with Crippen LogP contribution in [0.3, 0.4) is 0 Å². The Morgan fingerprint density at radius 3 is 2.33 bits per heavy atom. The van der Waals surface area contributed by atoms with E-state index >= 15 is 0 Å². The molecule has 0 unspecified atom stereocenters. The van der Waals surface area contributed by atoms with Crippen molar-refractivity contribution in [3.05, 3.63) is 96.6 Å². The first-order valence-electron chi connectivity index (χ1n) is 14.3. The lowest BCUT2D eigenvalue weighted by Crippen LogP contribution is -2.44. The number of carbonyl (C=O) groups is 1. The van der Waals surface area contributed by atoms with Gasteiger partial charge in [0.25, 0.3) is 5.56 Å². The van der Waals surface area contributed by atoms with Crippen LogP contribution in [0.4, 0.5) is 8.78 Å². The molecule has 0 saturated carbocycles. The molecule has 0 N–H and O–H groups in total. The first kappa shape index (κ1) is 32.3. The minimum Gasteiger partial charge on any atom is -0.493 e. The molecule has 238 valence electrons. The lowest BCUT2D eigenvalue weighted by Gasteiger charge is -2.31. The zero-order valence-corrected chi connectivity index (χ0v) is 25.9. The molecule has 0 atom stereocenters. The minimum absolute atomic E-state index is 0.0904. The fourth-order valence-corrected chi connectivity index (χ4v) is 5.70. The molecular weight excluding hydrogens is 631 g/mol. The van der Waals surface area contributed by atoms with Gasteiger partial charge >= 0.3 is 5.69 Å². The van der Waals surface area contributed by atoms with E-state index in [-0.39, 0.29) is 30.3 Å². The number of likely N-dealkylation sites (tertiary alicyclic amines) is 1. The molecule has 2 heterocycles. The van der Waals surface area contributed by atoms with Crippen molar-refractivity contribution in [2.45, 2.75) is 38.1 Å². The molecule has 0 spiro atoms. The van der Waals surface area contributed by atoms with Crippen LogP contribution < -0.4 is 25.5 Å². The highest BCUT2D eigenvalue weighted by atomic mass is 35.5. The van der Waals surface area contributed by atoms with Gasteiger partial charge in [0.2, 0.25) is 6.41 Å². The second kappa shape index (κ2) is 14.3. The molecule has 9 nitrogen and oxygen atoms in total. The average molecular weight is 663 g/mol. The van der Waals surface area contributed by atoms with E-state index in [1.165, 1.54) is 19.2 Å². The van der Waals surface area contributed by atoms with Crippen LogP contribution in [0.2, 0.25) is 10.0 Å². The van der Waals surface area contributed by atoms with E-state index in [0.29, 0.717) is 58.6 Å². The number of piperidine rings is 1. The summed E-state index contributed by atoms with van der Waals surface area (Å²) < 4.78 is 46.0. The maximum atomic E-state index is 14.0. The van der Waals surface area contributed by atoms with Crippen LogP contribution in [0, 0.1) is 0 Å². The molecule has 13 heteroatoms. The first-order chi connectivity index (χ1) is 21.8. The largest absolute Gasteiger partial charge is 0.493 e. The van der Waals surface area contributed by atoms with Gasteiger partial charge in [-0.15, -0.1) is 0 Å². The summed E-state index contributed by atoms with van der Waals surface area (Å²) in [4.78, 5) is 40.7. The number of hydrogen-bond acceptors (Lipinski definition) is 6. The number of benzene rings is 3. The SMILES string of the molecule is COc1cc(Cn2c(=O)c3cc(OC(CF)CF)ccc3n(C3CCN(C=O)CC3)c2=O)ccc1OCc1ccc(Cl)c(Cl)c1. The molecule has 1 saturated heterocycles. The number of fused-ring (bicyclic) bond motifs is 1. The third kappa shape index (κ3) is 7.10. The molecule has 0 radical (unpaired) electrons. The number of nitrogens with zero attached hydrogens (tertiary/aromatic N) is 3. The number of ether oxygens (including phenoxy) is 3. The zero-order valence-electron chi connectivity index (χ0n) is 24.4. The highest BCUT2D eigenvalue weighted by Gasteiger charge is 2.25. The Morgan fingerprint density at radius 1 is 0.933 bits per heavy atom. The molecule has 45 heavy (non-hydrogen) atoms. The maximum absolute atomic E-state index is 14.0. The number of halogens is 4. The van der Waals surface area contributed by atoms with Crippen LogP contribution >= 0.6 is 23.2 Å². The Labute approximate surface area is 267 Å². The molecule has 1 aliphatic rings. The number of carbonyl (C=O) groups excluding carboxylic acids is 1. The van der Waals surface area contributed by atoms with E-state index in [2.05, 4.69) is 0 Å². The topological polar surface area (TPSA) is 92.0 Å². The monoisotopic (exact) mass is 661 g/mol. The average Bonchev–Trinajstić information content (AvgIpc) is 3.06. The number of aromatic nitrogens is 2. The first-order valence-corrected chi connectivity index (χ1v) is 15.0. The van der Waals surface area contributed by atoms with Crippen molar-refractivity contribution in [3.63, 3.8) is 0 Å². The molecule has 3 aromatic carbocycles. The molecule has 1 aliphatic heterocycles. The zero-order chi connectivity index (χ0) is 32.1. The van der Waals surface area contributed by atoms with Crippen LogP contribution in [-0.4, -0.2) is 60.1 Å². The minimum atomic E-state index is -1.31. The van der Waals surface area contributed by atoms with Gasteiger partial charge in [0.1, 0.15) is 25.7 Å². The Kier molecular flexibility index (Phi) is 10.3. The maximum Gasteiger partial charge on any atom is 0.332 e. The standard InChI is InChI=1S/C32H31Cl2F2N3O6/c1-43-30-13-20(3-7-29(30)44-18-21-2-5-26(33)27(34)12-21)17-38-31(41)25-14-23(45-24(15-35)16-36)4-6-28(25)39(32(38)42)22-8-10-37(19-40)11-9-22/h2-7,12-14,19,22,24H,8-11,15-18H2,1H3. The molecule has 5 rings (SSSR count). The van der Waals surface area contributed by atoms with Crippen molar-refractivity contribution in [1.29, 1.82) is 0 Å². The lowest BCUT2D eigenvalue weighted by molar-refractivity contribution is -0.119. The van der Waals surface area contributed by atoms with E-state index < -0.39 is 30.7 Å². The fourth-order valence-electron chi connectivity index (χ4n) is 5.38. The molecule has 0 bridgehead atoms. The van der Waals surface area contributed by atoms with Gasteiger partial charge in [0, 0.05) is 19.1 Å². The molecule has 0 aliphatic carbocycles. The van der Waals surface area contributed by atoms with Crippen molar-refractivity contribution in [2.75, 3.05) is 33.5 Å². The second-order valence-corrected chi connectivity index (χ2v) is 11.5. The van der Waals surface area contributed by atoms with Gasteiger partial charge < -0.3 is 19.1 Å². The molecule has 4 aromatic rings. The van der Waals surface area contributed by atoms with Gasteiger partial charge in [-0.3, -0.25) is 18.7 Å². The number of methoxy groups -OCH3 is 1. The van der Waals surface area contributed by atoms with Crippen LogP contribution in [0.1, 0.15) is 30.0 Å². The summed E-state index contributed by atoms with van der Waals surface area (Å²) in [5, 5.41) is 1.00. The molecule has 1 amide bonds. The lowest BCUT2D eigenvalue weighted by atomic mass is 10.0. The Morgan fingerprint density at radius 2 is 1.67 bits per heavy atom. The third-order valence-corrected chi connectivity index (χ3v) is 8.49. The highest BCUT2D eigenvalue weighted by molar-refractivity contribution is 6.42. The van der Waals surface area contributed by atoms with E-state index in [4.69, 9.17) is 37.4 Å². The quantitative estimate of drug-likeness (QED) is 0.184. The number of alkyl halides is 2. The summed E-state index contributed by atoms with van der Waals surface area (Å²) in [6.07, 6.45) is 0.482. The Bertz CT molecular complexity index is 1800. The van der Waals surface area contributed by atoms with Crippen molar-refractivity contribution in [3.8, 4) is 17.2 Å². The summed E-state index contributed by atoms with van der Waals surface area (Å²) in [5.74, 6) is 0.939. The molecular formula is C32H31Cl2F2N3O6. The molecule has 1 fully saturated rings. The normalized spacial score (nSPS) is 13.8. The Hall–Kier alpha value is -4.09. The number of amides is 1. The van der Waals surface area contributed by atoms with Crippen LogP contribution in [0.15, 0.2) is 64.2 Å². The summed E-state index contributed by atoms with van der Waals surface area (Å²) in [5.41, 5.74) is 0.661. The predicted molar refractivity (Wildman–Crippen MR) is 168 cm³/mol. The van der Waals surface area contributed by atoms with Gasteiger partial charge in [0.05, 0.1) is 34.6 Å². The fraction of sp³-hybridized carbons (Fsp3) is 0.344. The van der Waals surface area contributed by atoms with Gasteiger partial charge in [-0.1, -0.05) is 35.3 Å². The van der Waals surface area contributed by atoms with Gasteiger partial charge in [-0.05, 0) is 66.4 Å². The number of hydrogen-bond donors (Lipinski definition) is 0. The summed E-state index contributed by atoms with van der Waals surface area (Å²) in [7, 11) is 1.48. The van der Waals surface area contributed by atoms with Crippen molar-refractivity contribution in [2.24, 2.45) is 0 Å². The van der Waals surface area contributed by atoms with Gasteiger partial charge in [-0.25, -0.2) is 13.6 Å². The van der Waals surface area contributed by atoms with E-state index in [1.807, 2.05) is 0 Å². The molecule has 1 aromatic heterocycles. The summed E-state index contributed by atoms with van der Waals surface area (Å²) >= 11 is 12.1. The summed E-state index contributed by atoms with van der Waals surface area (Å²) in [6, 6.07) is 14.4. The Balaban J connectivity index is 1.51. The van der Waals surface area contributed by atoms with Crippen LogP contribution in [-0.2, 0) is 17.9 Å². The number of rotatable bonds is 12. The van der Waals surface area contributed by atoms with Crippen molar-refractivity contribution >= 4 is 40.5 Å².